The van der Waals surface area contributed by atoms with E-state index in [2.05, 4.69) is 4.83 Å². The molecule has 3 nitrogen and oxygen atoms in total. The third-order valence-electron chi connectivity index (χ3n) is 1.04. The maximum atomic E-state index is 5.59. The van der Waals surface area contributed by atoms with Gasteiger partial charge in [0.25, 0.3) is 3.92 Å². The number of hydrogen-bond donors (Lipinski definition) is 1. The quantitative estimate of drug-likeness (QED) is 0.462. The van der Waals surface area contributed by atoms with E-state index in [1.54, 1.807) is 6.20 Å². The topological polar surface area (TPSA) is 24.5 Å². The molecule has 0 saturated carbocycles. The number of ether oxygens (including phenoxy) is 1. The first-order valence-electron chi connectivity index (χ1n) is 3.17. The van der Waals surface area contributed by atoms with Crippen LogP contribution in [0.15, 0.2) is 11.3 Å². The number of nitrogens with one attached hydrogen (secondary N) is 1. The van der Waals surface area contributed by atoms with Gasteiger partial charge in [0, 0.05) is 11.9 Å². The Kier molecular flexibility index (Phi) is 3.67. The molecule has 0 saturated heterocycles. The fraction of sp³-hybridized carbons (Fsp3) is 0.600. The van der Waals surface area contributed by atoms with Gasteiger partial charge in [0.2, 0.25) is 0 Å². The Bertz CT molecular complexity index is 194. The van der Waals surface area contributed by atoms with Crippen molar-refractivity contribution in [3.05, 3.63) is 11.3 Å². The number of nitrogens with zero attached hydrogens (tertiary/aromatic N) is 1. The van der Waals surface area contributed by atoms with Gasteiger partial charge in [0.1, 0.15) is 0 Å². The molecule has 1 aliphatic heterocycles. The first kappa shape index (κ1) is 10.6. The Morgan fingerprint density at radius 1 is 1.67 bits per heavy atom. The number of rotatable bonds is 2. The van der Waals surface area contributed by atoms with E-state index in [9.17, 15) is 0 Å². The van der Waals surface area contributed by atoms with Crippen LogP contribution in [0.5, 0.6) is 0 Å². The van der Waals surface area contributed by atoms with Crippen LogP contribution in [0, 0.1) is 0 Å². The highest BCUT2D eigenvalue weighted by atomic mass is 35.6. The second-order valence-electron chi connectivity index (χ2n) is 1.91. The van der Waals surface area contributed by atoms with Crippen LogP contribution in [0.25, 0.3) is 0 Å². The molecule has 0 aromatic carbocycles. The molecule has 1 heterocycles. The summed E-state index contributed by atoms with van der Waals surface area (Å²) >= 11 is 18.0. The predicted octanol–water partition coefficient (Wildman–Crippen LogP) is 2.62. The van der Waals surface area contributed by atoms with Crippen LogP contribution in [0.2, 0.25) is 0 Å². The number of hydrazine groups is 1. The smallest absolute Gasteiger partial charge is 0.281 e. The maximum Gasteiger partial charge on any atom is 0.281 e. The van der Waals surface area contributed by atoms with Crippen LogP contribution >= 0.6 is 46.8 Å². The Hall–Kier alpha value is 0.520. The van der Waals surface area contributed by atoms with Crippen molar-refractivity contribution in [2.45, 2.75) is 10.8 Å². The molecule has 0 fully saturated rings. The van der Waals surface area contributed by atoms with Crippen LogP contribution in [0.4, 0.5) is 0 Å². The first-order chi connectivity index (χ1) is 5.54. The van der Waals surface area contributed by atoms with Gasteiger partial charge in [-0.05, 0) is 6.92 Å². The van der Waals surface area contributed by atoms with Crippen molar-refractivity contribution in [2.75, 3.05) is 6.61 Å². The van der Waals surface area contributed by atoms with E-state index in [0.29, 0.717) is 11.7 Å². The summed E-state index contributed by atoms with van der Waals surface area (Å²) in [4.78, 5) is 2.77. The summed E-state index contributed by atoms with van der Waals surface area (Å²) in [5.74, 6) is 0. The molecular weight excluding hydrogens is 242 g/mol. The summed E-state index contributed by atoms with van der Waals surface area (Å²) in [5, 5.41) is 2.02. The van der Waals surface area contributed by atoms with E-state index < -0.39 is 3.92 Å². The summed E-state index contributed by atoms with van der Waals surface area (Å²) in [6.45, 7) is 2.48. The van der Waals surface area contributed by atoms with Crippen molar-refractivity contribution < 1.29 is 4.74 Å². The van der Waals surface area contributed by atoms with Gasteiger partial charge in [-0.25, -0.2) is 0 Å². The minimum absolute atomic E-state index is 0.591. The lowest BCUT2D eigenvalue weighted by Crippen LogP contribution is -2.35. The van der Waals surface area contributed by atoms with Gasteiger partial charge in [0.15, 0.2) is 5.09 Å². The Labute approximate surface area is 90.1 Å². The van der Waals surface area contributed by atoms with E-state index in [0.717, 1.165) is 0 Å². The lowest BCUT2D eigenvalue weighted by atomic mass is 10.8. The first-order valence-corrected chi connectivity index (χ1v) is 5.12. The highest BCUT2D eigenvalue weighted by Gasteiger charge is 2.31. The molecule has 1 aliphatic rings. The Morgan fingerprint density at radius 2 is 2.33 bits per heavy atom. The van der Waals surface area contributed by atoms with E-state index in [1.807, 2.05) is 6.92 Å². The van der Waals surface area contributed by atoms with Gasteiger partial charge in [-0.15, -0.1) is 0 Å². The second kappa shape index (κ2) is 4.15. The van der Waals surface area contributed by atoms with Crippen LogP contribution in [0.3, 0.4) is 0 Å². The molecule has 0 aliphatic carbocycles. The lowest BCUT2D eigenvalue weighted by molar-refractivity contribution is 0.251. The predicted molar refractivity (Wildman–Crippen MR) is 52.6 cm³/mol. The van der Waals surface area contributed by atoms with Crippen molar-refractivity contribution in [2.24, 2.45) is 0 Å². The highest BCUT2D eigenvalue weighted by molar-refractivity contribution is 8.01. The largest absolute Gasteiger partial charge is 0.485 e. The molecule has 1 N–H and O–H groups in total. The maximum absolute atomic E-state index is 5.59. The van der Waals surface area contributed by atoms with Gasteiger partial charge in [-0.2, -0.15) is 4.83 Å². The summed E-state index contributed by atoms with van der Waals surface area (Å²) in [6.07, 6.45) is 1.60. The van der Waals surface area contributed by atoms with Gasteiger partial charge in [-0.1, -0.05) is 34.8 Å². The average molecular weight is 250 g/mol. The minimum atomic E-state index is -1.48. The van der Waals surface area contributed by atoms with Crippen LogP contribution in [0.1, 0.15) is 6.92 Å². The SMILES string of the molecule is CCOC1=CN(C(Cl)(Cl)Cl)NS1. The average Bonchev–Trinajstić information content (AvgIpc) is 2.35. The summed E-state index contributed by atoms with van der Waals surface area (Å²) < 4.78 is 3.69. The zero-order valence-electron chi connectivity index (χ0n) is 6.18. The van der Waals surface area contributed by atoms with Crippen molar-refractivity contribution in [3.8, 4) is 0 Å². The fourth-order valence-corrected chi connectivity index (χ4v) is 1.72. The van der Waals surface area contributed by atoms with E-state index >= 15 is 0 Å². The number of hydrogen-bond acceptors (Lipinski definition) is 4. The molecule has 0 atom stereocenters. The van der Waals surface area contributed by atoms with Crippen molar-refractivity contribution in [3.63, 3.8) is 0 Å². The minimum Gasteiger partial charge on any atom is -0.485 e. The van der Waals surface area contributed by atoms with E-state index in [1.165, 1.54) is 17.0 Å². The standard InChI is InChI=1S/C5H7Cl3N2OS/c1-2-11-4-3-10(9-12-4)5(6,7)8/h3,9H,2H2,1H3. The van der Waals surface area contributed by atoms with Crippen LogP contribution in [-0.4, -0.2) is 15.5 Å². The summed E-state index contributed by atoms with van der Waals surface area (Å²) in [5.41, 5.74) is 0. The molecule has 0 radical (unpaired) electrons. The molecular formula is C5H7Cl3N2OS. The van der Waals surface area contributed by atoms with Gasteiger partial charge >= 0.3 is 0 Å². The molecule has 12 heavy (non-hydrogen) atoms. The number of alkyl halides is 3. The summed E-state index contributed by atoms with van der Waals surface area (Å²) in [7, 11) is 0. The van der Waals surface area contributed by atoms with Crippen LogP contribution in [-0.2, 0) is 4.74 Å². The van der Waals surface area contributed by atoms with Gasteiger partial charge in [0.05, 0.1) is 12.8 Å². The molecule has 0 amide bonds. The lowest BCUT2D eigenvalue weighted by Gasteiger charge is -2.22. The molecule has 0 spiro atoms. The molecule has 0 unspecified atom stereocenters. The highest BCUT2D eigenvalue weighted by Crippen LogP contribution is 2.35. The molecule has 0 aromatic rings. The molecule has 1 rings (SSSR count). The number of halogens is 3. The van der Waals surface area contributed by atoms with Crippen molar-refractivity contribution >= 4 is 46.8 Å². The zero-order chi connectivity index (χ0) is 9.19. The van der Waals surface area contributed by atoms with E-state index in [-0.39, 0.29) is 0 Å². The molecule has 7 heteroatoms. The molecule has 70 valence electrons. The van der Waals surface area contributed by atoms with E-state index in [4.69, 9.17) is 39.5 Å². The Morgan fingerprint density at radius 3 is 2.75 bits per heavy atom. The van der Waals surface area contributed by atoms with Gasteiger partial charge in [-0.3, -0.25) is 5.01 Å². The van der Waals surface area contributed by atoms with Crippen molar-refractivity contribution in [1.29, 1.82) is 0 Å². The monoisotopic (exact) mass is 248 g/mol. The van der Waals surface area contributed by atoms with Crippen molar-refractivity contribution in [1.82, 2.24) is 9.84 Å². The third kappa shape index (κ3) is 2.78. The molecule has 0 bridgehead atoms. The normalized spacial score (nSPS) is 18.0. The van der Waals surface area contributed by atoms with Gasteiger partial charge < -0.3 is 4.74 Å². The summed E-state index contributed by atoms with van der Waals surface area (Å²) in [6, 6.07) is 0. The zero-order valence-corrected chi connectivity index (χ0v) is 9.27. The second-order valence-corrected chi connectivity index (χ2v) is 4.92. The fourth-order valence-electron chi connectivity index (χ4n) is 0.586. The van der Waals surface area contributed by atoms with Crippen LogP contribution < -0.4 is 4.83 Å². The molecule has 0 aromatic heterocycles. The third-order valence-corrected chi connectivity index (χ3v) is 2.30. The Balaban J connectivity index is 2.53.